The van der Waals surface area contributed by atoms with Crippen LogP contribution in [0.15, 0.2) is 45.5 Å². The molecule has 1 aliphatic heterocycles. The van der Waals surface area contributed by atoms with Crippen LogP contribution in [0.2, 0.25) is 5.02 Å². The molecule has 0 radical (unpaired) electrons. The van der Waals surface area contributed by atoms with E-state index in [1.54, 1.807) is 46.2 Å². The second-order valence-corrected chi connectivity index (χ2v) is 6.74. The molecule has 2 aromatic rings. The van der Waals surface area contributed by atoms with Crippen LogP contribution in [0.3, 0.4) is 0 Å². The van der Waals surface area contributed by atoms with Gasteiger partial charge in [-0.1, -0.05) is 11.6 Å². The third-order valence-electron chi connectivity index (χ3n) is 3.88. The molecule has 1 aromatic carbocycles. The van der Waals surface area contributed by atoms with Gasteiger partial charge in [0.1, 0.15) is 5.75 Å². The molecular weight excluding hydrogens is 412 g/mol. The Kier molecular flexibility index (Phi) is 5.65. The molecule has 0 aliphatic carbocycles. The number of rotatable bonds is 4. The van der Waals surface area contributed by atoms with Crippen molar-refractivity contribution in [1.82, 2.24) is 9.80 Å². The Morgan fingerprint density at radius 2 is 1.68 bits per heavy atom. The van der Waals surface area contributed by atoms with Crippen LogP contribution in [0.5, 0.6) is 5.75 Å². The second-order valence-electron chi connectivity index (χ2n) is 5.52. The predicted molar refractivity (Wildman–Crippen MR) is 95.8 cm³/mol. The Labute approximate surface area is 158 Å². The molecule has 0 bridgehead atoms. The highest BCUT2D eigenvalue weighted by molar-refractivity contribution is 9.10. The fraction of sp³-hybridized carbons (Fsp3) is 0.294. The van der Waals surface area contributed by atoms with Crippen molar-refractivity contribution in [2.45, 2.75) is 0 Å². The zero-order chi connectivity index (χ0) is 17.8. The number of ether oxygens (including phenoxy) is 1. The van der Waals surface area contributed by atoms with Crippen molar-refractivity contribution in [3.63, 3.8) is 0 Å². The minimum absolute atomic E-state index is 0.0410. The van der Waals surface area contributed by atoms with Crippen molar-refractivity contribution in [2.24, 2.45) is 0 Å². The summed E-state index contributed by atoms with van der Waals surface area (Å²) in [6.45, 7) is 1.82. The Hall–Kier alpha value is -1.99. The van der Waals surface area contributed by atoms with E-state index in [0.717, 1.165) is 0 Å². The fourth-order valence-corrected chi connectivity index (χ4v) is 2.94. The first-order valence-corrected chi connectivity index (χ1v) is 8.91. The molecule has 0 spiro atoms. The molecule has 132 valence electrons. The first kappa shape index (κ1) is 17.8. The summed E-state index contributed by atoms with van der Waals surface area (Å²) in [7, 11) is 0. The van der Waals surface area contributed by atoms with Crippen molar-refractivity contribution in [2.75, 3.05) is 32.8 Å². The van der Waals surface area contributed by atoms with Gasteiger partial charge in [0.15, 0.2) is 17.0 Å². The van der Waals surface area contributed by atoms with E-state index in [4.69, 9.17) is 20.8 Å². The van der Waals surface area contributed by atoms with Gasteiger partial charge in [0.05, 0.1) is 0 Å². The largest absolute Gasteiger partial charge is 0.484 e. The Morgan fingerprint density at radius 3 is 2.28 bits per heavy atom. The summed E-state index contributed by atoms with van der Waals surface area (Å²) in [5.74, 6) is 0.602. The van der Waals surface area contributed by atoms with Crippen molar-refractivity contribution in [1.29, 1.82) is 0 Å². The third-order valence-corrected chi connectivity index (χ3v) is 4.56. The highest BCUT2D eigenvalue weighted by atomic mass is 79.9. The number of carbonyl (C=O) groups excluding carboxylic acids is 2. The number of nitrogens with zero attached hydrogens (tertiary/aromatic N) is 2. The molecule has 25 heavy (non-hydrogen) atoms. The molecule has 1 saturated heterocycles. The standard InChI is InChI=1S/C17H16BrClN2O4/c18-15-6-5-14(25-15)17(23)21-9-7-20(8-10-21)16(22)11-24-13-3-1-12(19)2-4-13/h1-6H,7-11H2. The molecule has 0 N–H and O–H groups in total. The summed E-state index contributed by atoms with van der Waals surface area (Å²) in [6.07, 6.45) is 0. The van der Waals surface area contributed by atoms with E-state index in [1.165, 1.54) is 0 Å². The fourth-order valence-electron chi connectivity index (χ4n) is 2.51. The van der Waals surface area contributed by atoms with E-state index in [2.05, 4.69) is 15.9 Å². The molecule has 3 rings (SSSR count). The van der Waals surface area contributed by atoms with Crippen LogP contribution in [-0.4, -0.2) is 54.4 Å². The molecule has 2 amide bonds. The van der Waals surface area contributed by atoms with Gasteiger partial charge in [0, 0.05) is 31.2 Å². The van der Waals surface area contributed by atoms with E-state index in [0.29, 0.717) is 41.6 Å². The van der Waals surface area contributed by atoms with Gasteiger partial charge in [-0.2, -0.15) is 0 Å². The minimum Gasteiger partial charge on any atom is -0.484 e. The summed E-state index contributed by atoms with van der Waals surface area (Å²) in [4.78, 5) is 27.9. The molecule has 6 nitrogen and oxygen atoms in total. The lowest BCUT2D eigenvalue weighted by Crippen LogP contribution is -2.51. The van der Waals surface area contributed by atoms with Crippen molar-refractivity contribution in [3.8, 4) is 5.75 Å². The summed E-state index contributed by atoms with van der Waals surface area (Å²) in [5.41, 5.74) is 0. The van der Waals surface area contributed by atoms with Crippen molar-refractivity contribution < 1.29 is 18.7 Å². The lowest BCUT2D eigenvalue weighted by Gasteiger charge is -2.34. The number of carbonyl (C=O) groups is 2. The lowest BCUT2D eigenvalue weighted by molar-refractivity contribution is -0.134. The summed E-state index contributed by atoms with van der Waals surface area (Å²) in [6, 6.07) is 10.2. The Bertz CT molecular complexity index is 754. The number of furan rings is 1. The number of hydrogen-bond acceptors (Lipinski definition) is 4. The van der Waals surface area contributed by atoms with Gasteiger partial charge in [-0.15, -0.1) is 0 Å². The summed E-state index contributed by atoms with van der Waals surface area (Å²) >= 11 is 8.99. The van der Waals surface area contributed by atoms with Crippen LogP contribution >= 0.6 is 27.5 Å². The van der Waals surface area contributed by atoms with Crippen molar-refractivity contribution >= 4 is 39.3 Å². The van der Waals surface area contributed by atoms with Gasteiger partial charge in [-0.3, -0.25) is 9.59 Å². The molecule has 1 aromatic heterocycles. The first-order chi connectivity index (χ1) is 12.0. The SMILES string of the molecule is O=C(COc1ccc(Cl)cc1)N1CCN(C(=O)c2ccc(Br)o2)CC1. The van der Waals surface area contributed by atoms with E-state index in [1.807, 2.05) is 0 Å². The zero-order valence-electron chi connectivity index (χ0n) is 13.3. The maximum Gasteiger partial charge on any atom is 0.289 e. The lowest BCUT2D eigenvalue weighted by atomic mass is 10.3. The van der Waals surface area contributed by atoms with Crippen LogP contribution < -0.4 is 4.74 Å². The average molecular weight is 428 g/mol. The van der Waals surface area contributed by atoms with Crippen LogP contribution in [0.25, 0.3) is 0 Å². The molecule has 2 heterocycles. The number of amides is 2. The van der Waals surface area contributed by atoms with Gasteiger partial charge in [0.2, 0.25) is 0 Å². The molecule has 0 unspecified atom stereocenters. The molecular formula is C17H16BrClN2O4. The number of benzene rings is 1. The van der Waals surface area contributed by atoms with Crippen molar-refractivity contribution in [3.05, 3.63) is 51.9 Å². The Morgan fingerprint density at radius 1 is 1.04 bits per heavy atom. The molecule has 8 heteroatoms. The number of halogens is 2. The molecule has 0 saturated carbocycles. The second kappa shape index (κ2) is 7.93. The topological polar surface area (TPSA) is 63.0 Å². The van der Waals surface area contributed by atoms with Gasteiger partial charge in [-0.25, -0.2) is 0 Å². The number of piperazine rings is 1. The van der Waals surface area contributed by atoms with E-state index in [-0.39, 0.29) is 24.2 Å². The highest BCUT2D eigenvalue weighted by Gasteiger charge is 2.26. The quantitative estimate of drug-likeness (QED) is 0.752. The minimum atomic E-state index is -0.171. The van der Waals surface area contributed by atoms with Gasteiger partial charge >= 0.3 is 0 Å². The third kappa shape index (κ3) is 4.55. The first-order valence-electron chi connectivity index (χ1n) is 7.73. The highest BCUT2D eigenvalue weighted by Crippen LogP contribution is 2.17. The summed E-state index contributed by atoms with van der Waals surface area (Å²) < 4.78 is 11.3. The van der Waals surface area contributed by atoms with Gasteiger partial charge in [-0.05, 0) is 52.3 Å². The van der Waals surface area contributed by atoms with Gasteiger partial charge < -0.3 is 19.0 Å². The van der Waals surface area contributed by atoms with E-state index >= 15 is 0 Å². The van der Waals surface area contributed by atoms with E-state index < -0.39 is 0 Å². The Balaban J connectivity index is 1.47. The van der Waals surface area contributed by atoms with Crippen LogP contribution in [-0.2, 0) is 4.79 Å². The van der Waals surface area contributed by atoms with Gasteiger partial charge in [0.25, 0.3) is 11.8 Å². The summed E-state index contributed by atoms with van der Waals surface area (Å²) in [5, 5.41) is 0.614. The van der Waals surface area contributed by atoms with Crippen LogP contribution in [0, 0.1) is 0 Å². The average Bonchev–Trinajstić information content (AvgIpc) is 3.07. The normalized spacial score (nSPS) is 14.5. The zero-order valence-corrected chi connectivity index (χ0v) is 15.6. The molecule has 1 aliphatic rings. The molecule has 0 atom stereocenters. The van der Waals surface area contributed by atoms with E-state index in [9.17, 15) is 9.59 Å². The maximum absolute atomic E-state index is 12.3. The monoisotopic (exact) mass is 426 g/mol. The van der Waals surface area contributed by atoms with Crippen LogP contribution in [0.1, 0.15) is 10.6 Å². The smallest absolute Gasteiger partial charge is 0.289 e. The maximum atomic E-state index is 12.3. The van der Waals surface area contributed by atoms with Crippen LogP contribution in [0.4, 0.5) is 0 Å². The predicted octanol–water partition coefficient (Wildman–Crippen LogP) is 3.06. The number of hydrogen-bond donors (Lipinski definition) is 0. The molecule has 1 fully saturated rings.